The summed E-state index contributed by atoms with van der Waals surface area (Å²) < 4.78 is 0. The highest BCUT2D eigenvalue weighted by Crippen LogP contribution is 2.12. The van der Waals surface area contributed by atoms with Crippen molar-refractivity contribution in [2.24, 2.45) is 0 Å². The smallest absolute Gasteiger partial charge is 0.251 e. The second-order valence-corrected chi connectivity index (χ2v) is 5.84. The number of rotatable bonds is 6. The fourth-order valence-corrected chi connectivity index (χ4v) is 2.19. The molecule has 0 radical (unpaired) electrons. The molecule has 5 heteroatoms. The van der Waals surface area contributed by atoms with Gasteiger partial charge in [-0.25, -0.2) is 0 Å². The van der Waals surface area contributed by atoms with Crippen LogP contribution in [-0.4, -0.2) is 32.0 Å². The molecule has 0 aromatic heterocycles. The van der Waals surface area contributed by atoms with Crippen LogP contribution in [0.3, 0.4) is 0 Å². The Morgan fingerprint density at radius 3 is 2.21 bits per heavy atom. The molecule has 126 valence electrons. The number of nitrogens with zero attached hydrogens (tertiary/aromatic N) is 1. The number of hydrogen-bond donors (Lipinski definition) is 2. The zero-order valence-electron chi connectivity index (χ0n) is 14.2. The Labute approximate surface area is 142 Å². The molecule has 0 unspecified atom stereocenters. The Bertz CT molecular complexity index is 682. The molecule has 2 rings (SSSR count). The number of hydrogen-bond acceptors (Lipinski definition) is 3. The third-order valence-electron chi connectivity index (χ3n) is 3.70. The van der Waals surface area contributed by atoms with Crippen LogP contribution in [0, 0.1) is 0 Å². The minimum atomic E-state index is -0.598. The number of amides is 2. The van der Waals surface area contributed by atoms with Crippen LogP contribution in [0.4, 0.5) is 5.69 Å². The molecule has 0 fully saturated rings. The van der Waals surface area contributed by atoms with Crippen LogP contribution in [-0.2, 0) is 11.3 Å². The summed E-state index contributed by atoms with van der Waals surface area (Å²) in [5.41, 5.74) is 2.65. The predicted molar refractivity (Wildman–Crippen MR) is 96.0 cm³/mol. The van der Waals surface area contributed by atoms with Crippen molar-refractivity contribution in [3.63, 3.8) is 0 Å². The minimum absolute atomic E-state index is 0.212. The molecule has 2 aromatic rings. The van der Waals surface area contributed by atoms with E-state index in [0.717, 1.165) is 11.3 Å². The summed E-state index contributed by atoms with van der Waals surface area (Å²) >= 11 is 0. The highest BCUT2D eigenvalue weighted by Gasteiger charge is 2.16. The number of anilines is 1. The van der Waals surface area contributed by atoms with Gasteiger partial charge in [-0.1, -0.05) is 30.3 Å². The van der Waals surface area contributed by atoms with Gasteiger partial charge in [-0.05, 0) is 36.8 Å². The molecule has 5 nitrogen and oxygen atoms in total. The van der Waals surface area contributed by atoms with Gasteiger partial charge >= 0.3 is 0 Å². The van der Waals surface area contributed by atoms with Crippen LogP contribution in [0.25, 0.3) is 0 Å². The van der Waals surface area contributed by atoms with Gasteiger partial charge in [0.15, 0.2) is 0 Å². The summed E-state index contributed by atoms with van der Waals surface area (Å²) in [5, 5.41) is 5.54. The quantitative estimate of drug-likeness (QED) is 0.856. The fraction of sp³-hybridized carbons (Fsp3) is 0.263. The summed E-state index contributed by atoms with van der Waals surface area (Å²) in [6.07, 6.45) is 0. The second-order valence-electron chi connectivity index (χ2n) is 5.84. The van der Waals surface area contributed by atoms with Crippen molar-refractivity contribution in [2.45, 2.75) is 19.5 Å². The molecule has 0 spiro atoms. The van der Waals surface area contributed by atoms with Crippen LogP contribution in [0.5, 0.6) is 0 Å². The molecule has 2 aromatic carbocycles. The van der Waals surface area contributed by atoms with E-state index in [1.165, 1.54) is 0 Å². The first-order valence-corrected chi connectivity index (χ1v) is 7.87. The molecule has 0 aliphatic rings. The molecule has 0 heterocycles. The van der Waals surface area contributed by atoms with Crippen molar-refractivity contribution < 1.29 is 9.59 Å². The molecule has 1 atom stereocenters. The van der Waals surface area contributed by atoms with Gasteiger partial charge in [-0.3, -0.25) is 9.59 Å². The first kappa shape index (κ1) is 17.5. The lowest BCUT2D eigenvalue weighted by atomic mass is 10.2. The normalized spacial score (nSPS) is 11.5. The SMILES string of the molecule is C[C@H](NC(=O)c1ccccc1)C(=O)NCc1ccc(N(C)C)cc1. The van der Waals surface area contributed by atoms with E-state index in [1.54, 1.807) is 31.2 Å². The lowest BCUT2D eigenvalue weighted by molar-refractivity contribution is -0.122. The van der Waals surface area contributed by atoms with E-state index < -0.39 is 6.04 Å². The monoisotopic (exact) mass is 325 g/mol. The molecule has 0 saturated carbocycles. The van der Waals surface area contributed by atoms with E-state index in [-0.39, 0.29) is 11.8 Å². The average Bonchev–Trinajstić information content (AvgIpc) is 2.60. The zero-order valence-corrected chi connectivity index (χ0v) is 14.2. The van der Waals surface area contributed by atoms with Gasteiger partial charge in [-0.15, -0.1) is 0 Å². The van der Waals surface area contributed by atoms with Crippen molar-refractivity contribution in [3.8, 4) is 0 Å². The van der Waals surface area contributed by atoms with Crippen molar-refractivity contribution in [3.05, 3.63) is 65.7 Å². The van der Waals surface area contributed by atoms with E-state index in [0.29, 0.717) is 12.1 Å². The van der Waals surface area contributed by atoms with Gasteiger partial charge in [0.2, 0.25) is 5.91 Å². The second kappa shape index (κ2) is 8.15. The standard InChI is InChI=1S/C19H23N3O2/c1-14(21-19(24)16-7-5-4-6-8-16)18(23)20-13-15-9-11-17(12-10-15)22(2)3/h4-12,14H,13H2,1-3H3,(H,20,23)(H,21,24)/t14-/m0/s1. The van der Waals surface area contributed by atoms with E-state index in [1.807, 2.05) is 49.3 Å². The Kier molecular flexibility index (Phi) is 5.95. The van der Waals surface area contributed by atoms with Gasteiger partial charge < -0.3 is 15.5 Å². The topological polar surface area (TPSA) is 61.4 Å². The first-order valence-electron chi connectivity index (χ1n) is 7.87. The third kappa shape index (κ3) is 4.84. The molecule has 0 aliphatic carbocycles. The lowest BCUT2D eigenvalue weighted by Gasteiger charge is -2.15. The third-order valence-corrected chi connectivity index (χ3v) is 3.70. The number of carbonyl (C=O) groups excluding carboxylic acids is 2. The lowest BCUT2D eigenvalue weighted by Crippen LogP contribution is -2.44. The fourth-order valence-electron chi connectivity index (χ4n) is 2.19. The maximum Gasteiger partial charge on any atom is 0.251 e. The van der Waals surface area contributed by atoms with Gasteiger partial charge in [0.05, 0.1) is 0 Å². The van der Waals surface area contributed by atoms with E-state index in [9.17, 15) is 9.59 Å². The maximum atomic E-state index is 12.1. The highest BCUT2D eigenvalue weighted by atomic mass is 16.2. The molecule has 0 saturated heterocycles. The van der Waals surface area contributed by atoms with Crippen molar-refractivity contribution in [1.82, 2.24) is 10.6 Å². The van der Waals surface area contributed by atoms with Crippen LogP contribution in [0.1, 0.15) is 22.8 Å². The molecular weight excluding hydrogens is 302 g/mol. The maximum absolute atomic E-state index is 12.1. The highest BCUT2D eigenvalue weighted by molar-refractivity contribution is 5.97. The van der Waals surface area contributed by atoms with Gasteiger partial charge in [0.25, 0.3) is 5.91 Å². The van der Waals surface area contributed by atoms with Gasteiger partial charge in [0.1, 0.15) is 6.04 Å². The van der Waals surface area contributed by atoms with E-state index in [4.69, 9.17) is 0 Å². The molecule has 24 heavy (non-hydrogen) atoms. The Balaban J connectivity index is 1.84. The number of benzene rings is 2. The minimum Gasteiger partial charge on any atom is -0.378 e. The molecular formula is C19H23N3O2. The molecule has 2 N–H and O–H groups in total. The van der Waals surface area contributed by atoms with Crippen LogP contribution in [0.2, 0.25) is 0 Å². The summed E-state index contributed by atoms with van der Waals surface area (Å²) in [4.78, 5) is 26.2. The molecule has 0 aliphatic heterocycles. The summed E-state index contributed by atoms with van der Waals surface area (Å²) in [6.45, 7) is 2.10. The van der Waals surface area contributed by atoms with Crippen molar-refractivity contribution in [1.29, 1.82) is 0 Å². The summed E-state index contributed by atoms with van der Waals surface area (Å²) in [7, 11) is 3.96. The van der Waals surface area contributed by atoms with Crippen molar-refractivity contribution >= 4 is 17.5 Å². The van der Waals surface area contributed by atoms with Crippen LogP contribution < -0.4 is 15.5 Å². The zero-order chi connectivity index (χ0) is 17.5. The molecule has 0 bridgehead atoms. The Morgan fingerprint density at radius 1 is 1.00 bits per heavy atom. The Morgan fingerprint density at radius 2 is 1.62 bits per heavy atom. The number of carbonyl (C=O) groups is 2. The summed E-state index contributed by atoms with van der Waals surface area (Å²) in [6, 6.07) is 16.2. The van der Waals surface area contributed by atoms with Gasteiger partial charge in [0, 0.05) is 31.9 Å². The largest absolute Gasteiger partial charge is 0.378 e. The Hall–Kier alpha value is -2.82. The molecule has 2 amide bonds. The summed E-state index contributed by atoms with van der Waals surface area (Å²) in [5.74, 6) is -0.468. The first-order chi connectivity index (χ1) is 11.5. The predicted octanol–water partition coefficient (Wildman–Crippen LogP) is 2.19. The van der Waals surface area contributed by atoms with Gasteiger partial charge in [-0.2, -0.15) is 0 Å². The average molecular weight is 325 g/mol. The van der Waals surface area contributed by atoms with Crippen LogP contribution >= 0.6 is 0 Å². The number of nitrogens with one attached hydrogen (secondary N) is 2. The van der Waals surface area contributed by atoms with E-state index >= 15 is 0 Å². The van der Waals surface area contributed by atoms with Crippen LogP contribution in [0.15, 0.2) is 54.6 Å². The van der Waals surface area contributed by atoms with Crippen molar-refractivity contribution in [2.75, 3.05) is 19.0 Å². The van der Waals surface area contributed by atoms with E-state index in [2.05, 4.69) is 10.6 Å².